The number of benzene rings is 2. The molecule has 0 bridgehead atoms. The van der Waals surface area contributed by atoms with Gasteiger partial charge in [-0.2, -0.15) is 0 Å². The maximum atomic E-state index is 13.5. The highest BCUT2D eigenvalue weighted by atomic mass is 16.5. The summed E-state index contributed by atoms with van der Waals surface area (Å²) in [5.74, 6) is -0.755. The van der Waals surface area contributed by atoms with Crippen molar-refractivity contribution in [2.75, 3.05) is 40.9 Å². The maximum absolute atomic E-state index is 13.5. The molecule has 176 valence electrons. The molecule has 1 fully saturated rings. The molecule has 33 heavy (non-hydrogen) atoms. The van der Waals surface area contributed by atoms with Gasteiger partial charge in [-0.3, -0.25) is 9.59 Å². The third-order valence-electron chi connectivity index (χ3n) is 5.72. The predicted octanol–water partition coefficient (Wildman–Crippen LogP) is 1.16. The fourth-order valence-corrected chi connectivity index (χ4v) is 4.04. The van der Waals surface area contributed by atoms with Crippen molar-refractivity contribution in [3.63, 3.8) is 0 Å². The Bertz CT molecular complexity index is 1040. The number of ether oxygens (including phenoxy) is 2. The lowest BCUT2D eigenvalue weighted by molar-refractivity contribution is -0.858. The highest BCUT2D eigenvalue weighted by molar-refractivity contribution is 6.46. The second-order valence-electron chi connectivity index (χ2n) is 8.49. The van der Waals surface area contributed by atoms with Crippen LogP contribution in [0.2, 0.25) is 0 Å². The standard InChI is InChI=1S/C26H32N2O5/c1-6-33-20-13-12-19(16-21(20)32-5)23-22(24(29)18-10-8-17(2)9-11-18)25(30)26(31)28(23)15-7-14-27(3)4/h8-13,16,23,29H,6-7,14-15H2,1-5H3/b24-22+. The number of aryl methyl sites for hydroxylation is 1. The predicted molar refractivity (Wildman–Crippen MR) is 124 cm³/mol. The molecule has 0 spiro atoms. The van der Waals surface area contributed by atoms with Crippen LogP contribution in [0.15, 0.2) is 48.0 Å². The molecule has 1 N–H and O–H groups in total. The number of carbonyl (C=O) groups excluding carboxylic acids is 2. The van der Waals surface area contributed by atoms with E-state index in [2.05, 4.69) is 0 Å². The first-order chi connectivity index (χ1) is 15.8. The summed E-state index contributed by atoms with van der Waals surface area (Å²) in [5.41, 5.74) is 2.01. The average Bonchev–Trinajstić information content (AvgIpc) is 3.04. The quantitative estimate of drug-likeness (QED) is 0.351. The maximum Gasteiger partial charge on any atom is 0.295 e. The van der Waals surface area contributed by atoms with Gasteiger partial charge >= 0.3 is 0 Å². The van der Waals surface area contributed by atoms with Crippen molar-refractivity contribution in [2.24, 2.45) is 0 Å². The second-order valence-corrected chi connectivity index (χ2v) is 8.49. The van der Waals surface area contributed by atoms with E-state index in [0.717, 1.165) is 12.1 Å². The van der Waals surface area contributed by atoms with Crippen LogP contribution in [-0.4, -0.2) is 57.5 Å². The van der Waals surface area contributed by atoms with E-state index >= 15 is 0 Å². The zero-order valence-electron chi connectivity index (χ0n) is 19.9. The lowest BCUT2D eigenvalue weighted by Crippen LogP contribution is -3.05. The van der Waals surface area contributed by atoms with Gasteiger partial charge in [0.25, 0.3) is 5.91 Å². The summed E-state index contributed by atoms with van der Waals surface area (Å²) in [5, 5.41) is 13.5. The number of hydrogen-bond acceptors (Lipinski definition) is 5. The van der Waals surface area contributed by atoms with Crippen molar-refractivity contribution in [1.29, 1.82) is 0 Å². The Balaban J connectivity index is 2.12. The van der Waals surface area contributed by atoms with E-state index in [0.29, 0.717) is 42.2 Å². The van der Waals surface area contributed by atoms with E-state index in [1.807, 2.05) is 40.1 Å². The molecule has 1 unspecified atom stereocenters. The molecule has 1 heterocycles. The Morgan fingerprint density at radius 2 is 1.79 bits per heavy atom. The molecule has 2 aromatic carbocycles. The number of Topliss-reactive ketones (excluding diaryl/α,β-unsaturated/α-hetero) is 1. The number of rotatable bonds is 9. The molecule has 7 heteroatoms. The van der Waals surface area contributed by atoms with Crippen LogP contribution in [0, 0.1) is 6.92 Å². The van der Waals surface area contributed by atoms with E-state index in [1.165, 1.54) is 16.9 Å². The van der Waals surface area contributed by atoms with Gasteiger partial charge in [0.1, 0.15) is 0 Å². The van der Waals surface area contributed by atoms with Crippen LogP contribution >= 0.6 is 0 Å². The summed E-state index contributed by atoms with van der Waals surface area (Å²) < 4.78 is 11.1. The number of quaternary nitrogens is 1. The molecular formula is C26H32N2O5. The van der Waals surface area contributed by atoms with Crippen LogP contribution in [0.4, 0.5) is 0 Å². The van der Waals surface area contributed by atoms with Gasteiger partial charge in [-0.15, -0.1) is 0 Å². The van der Waals surface area contributed by atoms with Crippen LogP contribution in [-0.2, 0) is 9.59 Å². The van der Waals surface area contributed by atoms with Crippen LogP contribution < -0.4 is 19.5 Å². The number of nitrogens with zero attached hydrogens (tertiary/aromatic N) is 1. The zero-order valence-corrected chi connectivity index (χ0v) is 19.9. The van der Waals surface area contributed by atoms with E-state index in [4.69, 9.17) is 9.47 Å². The van der Waals surface area contributed by atoms with Gasteiger partial charge in [0.05, 0.1) is 40.4 Å². The van der Waals surface area contributed by atoms with Gasteiger partial charge in [0, 0.05) is 18.5 Å². The molecule has 1 amide bonds. The summed E-state index contributed by atoms with van der Waals surface area (Å²) >= 11 is 0. The normalized spacial score (nSPS) is 17.6. The van der Waals surface area contributed by atoms with Crippen molar-refractivity contribution in [1.82, 2.24) is 4.90 Å². The SMILES string of the molecule is CCOc1ccc(C2/C(=C(\[O-])c3ccc(C)cc3)C(=O)C(=O)N2CCC[NH+](C)C)cc1OC. The third-order valence-corrected chi connectivity index (χ3v) is 5.72. The highest BCUT2D eigenvalue weighted by Crippen LogP contribution is 2.41. The Morgan fingerprint density at radius 1 is 1.09 bits per heavy atom. The summed E-state index contributed by atoms with van der Waals surface area (Å²) in [7, 11) is 5.60. The van der Waals surface area contributed by atoms with Crippen molar-refractivity contribution in [3.05, 3.63) is 64.7 Å². The van der Waals surface area contributed by atoms with Crippen LogP contribution in [0.25, 0.3) is 5.76 Å². The fraction of sp³-hybridized carbons (Fsp3) is 0.385. The number of methoxy groups -OCH3 is 1. The first-order valence-electron chi connectivity index (χ1n) is 11.2. The number of ketones is 1. The van der Waals surface area contributed by atoms with Crippen LogP contribution in [0.3, 0.4) is 0 Å². The van der Waals surface area contributed by atoms with E-state index in [-0.39, 0.29) is 5.57 Å². The molecule has 0 aromatic heterocycles. The number of carbonyl (C=O) groups is 2. The molecule has 3 rings (SSSR count). The zero-order chi connectivity index (χ0) is 24.1. The smallest absolute Gasteiger partial charge is 0.295 e. The minimum Gasteiger partial charge on any atom is -0.872 e. The van der Waals surface area contributed by atoms with Crippen LogP contribution in [0.1, 0.15) is 36.1 Å². The molecule has 1 aliphatic rings. The molecular weight excluding hydrogens is 420 g/mol. The molecule has 1 aliphatic heterocycles. The average molecular weight is 453 g/mol. The van der Waals surface area contributed by atoms with Crippen molar-refractivity contribution in [3.8, 4) is 11.5 Å². The monoisotopic (exact) mass is 452 g/mol. The Kier molecular flexibility index (Phi) is 7.76. The number of amides is 1. The van der Waals surface area contributed by atoms with Gasteiger partial charge in [0.15, 0.2) is 11.5 Å². The van der Waals surface area contributed by atoms with Gasteiger partial charge in [0.2, 0.25) is 5.78 Å². The first-order valence-corrected chi connectivity index (χ1v) is 11.2. The summed E-state index contributed by atoms with van der Waals surface area (Å²) in [4.78, 5) is 28.9. The third kappa shape index (κ3) is 5.20. The molecule has 7 nitrogen and oxygen atoms in total. The van der Waals surface area contributed by atoms with Gasteiger partial charge in [-0.05, 0) is 37.1 Å². The van der Waals surface area contributed by atoms with Crippen molar-refractivity contribution < 1.29 is 29.1 Å². The number of nitrogens with one attached hydrogen (secondary N) is 1. The van der Waals surface area contributed by atoms with Crippen LogP contribution in [0.5, 0.6) is 11.5 Å². The fourth-order valence-electron chi connectivity index (χ4n) is 4.04. The molecule has 2 aromatic rings. The summed E-state index contributed by atoms with van der Waals surface area (Å²) in [6, 6.07) is 11.5. The number of hydrogen-bond donors (Lipinski definition) is 1. The molecule has 0 radical (unpaired) electrons. The number of likely N-dealkylation sites (tertiary alicyclic amines) is 1. The minimum atomic E-state index is -0.777. The largest absolute Gasteiger partial charge is 0.872 e. The van der Waals surface area contributed by atoms with E-state index in [9.17, 15) is 14.7 Å². The van der Waals surface area contributed by atoms with Crippen molar-refractivity contribution in [2.45, 2.75) is 26.3 Å². The molecule has 1 atom stereocenters. The highest BCUT2D eigenvalue weighted by Gasteiger charge is 2.44. The van der Waals surface area contributed by atoms with E-state index in [1.54, 1.807) is 30.3 Å². The van der Waals surface area contributed by atoms with Gasteiger partial charge in [-0.1, -0.05) is 41.7 Å². The van der Waals surface area contributed by atoms with E-state index < -0.39 is 23.5 Å². The first kappa shape index (κ1) is 24.3. The molecule has 0 aliphatic carbocycles. The Morgan fingerprint density at radius 3 is 2.39 bits per heavy atom. The lowest BCUT2D eigenvalue weighted by atomic mass is 9.94. The lowest BCUT2D eigenvalue weighted by Gasteiger charge is -2.28. The summed E-state index contributed by atoms with van der Waals surface area (Å²) in [6.45, 7) is 5.48. The van der Waals surface area contributed by atoms with Gasteiger partial charge < -0.3 is 24.4 Å². The van der Waals surface area contributed by atoms with Crippen molar-refractivity contribution >= 4 is 17.4 Å². The summed E-state index contributed by atoms with van der Waals surface area (Å²) in [6.07, 6.45) is 0.706. The van der Waals surface area contributed by atoms with Gasteiger partial charge in [-0.25, -0.2) is 0 Å². The molecule has 1 saturated heterocycles. The topological polar surface area (TPSA) is 83.3 Å². The second kappa shape index (κ2) is 10.5. The Labute approximate surface area is 195 Å². The minimum absolute atomic E-state index is 0.0210. The molecule has 0 saturated carbocycles. The Hall–Kier alpha value is -3.32.